The number of hydrogen-bond donors (Lipinski definition) is 2. The van der Waals surface area contributed by atoms with Gasteiger partial charge < -0.3 is 28.8 Å². The topological polar surface area (TPSA) is 108 Å². The fraction of sp³-hybridized carbons (Fsp3) is 0.729. The molecule has 1 amide bonds. The van der Waals surface area contributed by atoms with Gasteiger partial charge in [0.25, 0.3) is 7.82 Å². The van der Waals surface area contributed by atoms with Gasteiger partial charge in [0.1, 0.15) is 13.2 Å². The largest absolute Gasteiger partial charge is 0.756 e. The number of allylic oxidation sites excluding steroid dienone is 11. The van der Waals surface area contributed by atoms with E-state index in [0.29, 0.717) is 17.4 Å². The van der Waals surface area contributed by atoms with Gasteiger partial charge in [-0.2, -0.15) is 0 Å². The van der Waals surface area contributed by atoms with Crippen LogP contribution in [0.15, 0.2) is 72.9 Å². The zero-order valence-corrected chi connectivity index (χ0v) is 38.2. The molecule has 0 saturated heterocycles. The average Bonchev–Trinajstić information content (AvgIpc) is 3.16. The van der Waals surface area contributed by atoms with E-state index in [0.717, 1.165) is 77.0 Å². The molecule has 0 spiro atoms. The molecule has 0 aliphatic rings. The van der Waals surface area contributed by atoms with Crippen LogP contribution in [0.5, 0.6) is 0 Å². The second kappa shape index (κ2) is 39.4. The van der Waals surface area contributed by atoms with Crippen LogP contribution < -0.4 is 10.2 Å². The van der Waals surface area contributed by atoms with Crippen molar-refractivity contribution in [1.29, 1.82) is 0 Å². The van der Waals surface area contributed by atoms with Crippen molar-refractivity contribution in [2.75, 3.05) is 40.9 Å². The maximum absolute atomic E-state index is 12.9. The second-order valence-electron chi connectivity index (χ2n) is 16.4. The Morgan fingerprint density at radius 2 is 1.09 bits per heavy atom. The number of nitrogens with zero attached hydrogens (tertiary/aromatic N) is 1. The summed E-state index contributed by atoms with van der Waals surface area (Å²) >= 11 is 0. The minimum Gasteiger partial charge on any atom is -0.756 e. The molecule has 2 N–H and O–H groups in total. The molecule has 0 bridgehead atoms. The average molecular weight is 819 g/mol. The van der Waals surface area contributed by atoms with E-state index in [-0.39, 0.29) is 12.5 Å². The Bertz CT molecular complexity index is 1160. The maximum atomic E-state index is 12.9. The van der Waals surface area contributed by atoms with Crippen molar-refractivity contribution in [1.82, 2.24) is 5.32 Å². The van der Waals surface area contributed by atoms with E-state index >= 15 is 0 Å². The molecular weight excluding hydrogens is 732 g/mol. The molecule has 0 radical (unpaired) electrons. The van der Waals surface area contributed by atoms with Crippen LogP contribution in [-0.2, 0) is 18.4 Å². The molecule has 0 aliphatic heterocycles. The molecular formula is C48H87N2O6P. The summed E-state index contributed by atoms with van der Waals surface area (Å²) in [6, 6.07) is -0.910. The minimum atomic E-state index is -4.60. The number of likely N-dealkylation sites (N-methyl/N-ethyl adjacent to an activating group) is 1. The van der Waals surface area contributed by atoms with Crippen LogP contribution in [0.3, 0.4) is 0 Å². The number of rotatable bonds is 40. The van der Waals surface area contributed by atoms with Crippen molar-refractivity contribution in [2.24, 2.45) is 0 Å². The molecule has 3 atom stereocenters. The van der Waals surface area contributed by atoms with Gasteiger partial charge in [-0.05, 0) is 70.6 Å². The van der Waals surface area contributed by atoms with Gasteiger partial charge in [-0.25, -0.2) is 0 Å². The molecule has 0 aromatic heterocycles. The van der Waals surface area contributed by atoms with E-state index in [1.54, 1.807) is 6.08 Å². The molecule has 330 valence electrons. The Morgan fingerprint density at radius 1 is 0.632 bits per heavy atom. The van der Waals surface area contributed by atoms with Crippen LogP contribution in [0, 0.1) is 0 Å². The van der Waals surface area contributed by atoms with Crippen LogP contribution in [0.1, 0.15) is 174 Å². The van der Waals surface area contributed by atoms with Gasteiger partial charge in [-0.3, -0.25) is 9.36 Å². The Kier molecular flexibility index (Phi) is 38.0. The number of carbonyl (C=O) groups excluding carboxylic acids is 1. The predicted molar refractivity (Wildman–Crippen MR) is 242 cm³/mol. The summed E-state index contributed by atoms with van der Waals surface area (Å²) in [4.78, 5) is 25.3. The molecule has 0 aliphatic carbocycles. The van der Waals surface area contributed by atoms with E-state index in [4.69, 9.17) is 9.05 Å². The van der Waals surface area contributed by atoms with Crippen LogP contribution >= 0.6 is 7.82 Å². The number of phosphoric ester groups is 1. The third-order valence-electron chi connectivity index (χ3n) is 9.65. The van der Waals surface area contributed by atoms with Gasteiger partial charge in [0.2, 0.25) is 5.91 Å². The quantitative estimate of drug-likeness (QED) is 0.0276. The van der Waals surface area contributed by atoms with E-state index in [1.807, 2.05) is 27.2 Å². The van der Waals surface area contributed by atoms with Gasteiger partial charge in [-0.1, -0.05) is 170 Å². The maximum Gasteiger partial charge on any atom is 0.268 e. The van der Waals surface area contributed by atoms with Crippen LogP contribution in [0.2, 0.25) is 0 Å². The number of carbonyl (C=O) groups is 1. The van der Waals surface area contributed by atoms with Crippen LogP contribution in [-0.4, -0.2) is 68.5 Å². The smallest absolute Gasteiger partial charge is 0.268 e. The van der Waals surface area contributed by atoms with Gasteiger partial charge in [0, 0.05) is 6.42 Å². The molecule has 57 heavy (non-hydrogen) atoms. The number of amides is 1. The van der Waals surface area contributed by atoms with E-state index in [1.165, 1.54) is 77.0 Å². The lowest BCUT2D eigenvalue weighted by Gasteiger charge is -2.29. The highest BCUT2D eigenvalue weighted by Gasteiger charge is 2.23. The van der Waals surface area contributed by atoms with Gasteiger partial charge in [0.15, 0.2) is 0 Å². The Morgan fingerprint density at radius 3 is 1.63 bits per heavy atom. The van der Waals surface area contributed by atoms with Gasteiger partial charge in [-0.15, -0.1) is 0 Å². The van der Waals surface area contributed by atoms with Gasteiger partial charge >= 0.3 is 0 Å². The lowest BCUT2D eigenvalue weighted by molar-refractivity contribution is -0.870. The van der Waals surface area contributed by atoms with Crippen molar-refractivity contribution in [3.8, 4) is 0 Å². The molecule has 0 aromatic rings. The Hall–Kier alpha value is -2.06. The van der Waals surface area contributed by atoms with Crippen LogP contribution in [0.25, 0.3) is 0 Å². The fourth-order valence-corrected chi connectivity index (χ4v) is 6.76. The lowest BCUT2D eigenvalue weighted by atomic mass is 10.1. The van der Waals surface area contributed by atoms with Crippen molar-refractivity contribution in [2.45, 2.75) is 187 Å². The molecule has 3 unspecified atom stereocenters. The third kappa shape index (κ3) is 41.9. The highest BCUT2D eigenvalue weighted by molar-refractivity contribution is 7.45. The molecule has 0 heterocycles. The summed E-state index contributed by atoms with van der Waals surface area (Å²) in [5, 5.41) is 13.8. The van der Waals surface area contributed by atoms with E-state index in [9.17, 15) is 19.4 Å². The fourth-order valence-electron chi connectivity index (χ4n) is 6.04. The zero-order chi connectivity index (χ0) is 42.1. The van der Waals surface area contributed by atoms with Gasteiger partial charge in [0.05, 0.1) is 39.9 Å². The molecule has 0 fully saturated rings. The Labute approximate surface area is 351 Å². The first-order valence-electron chi connectivity index (χ1n) is 22.8. The number of phosphoric acid groups is 1. The minimum absolute atomic E-state index is 0.0116. The summed E-state index contributed by atoms with van der Waals surface area (Å²) in [7, 11) is 1.22. The molecule has 0 aromatic carbocycles. The van der Waals surface area contributed by atoms with E-state index in [2.05, 4.69) is 79.9 Å². The summed E-state index contributed by atoms with van der Waals surface area (Å²) < 4.78 is 23.2. The predicted octanol–water partition coefficient (Wildman–Crippen LogP) is 12.2. The highest BCUT2D eigenvalue weighted by Crippen LogP contribution is 2.38. The summed E-state index contributed by atoms with van der Waals surface area (Å²) in [6.07, 6.45) is 52.3. The summed E-state index contributed by atoms with van der Waals surface area (Å²) in [5.41, 5.74) is 0. The lowest BCUT2D eigenvalue weighted by Crippen LogP contribution is -2.45. The molecule has 0 rings (SSSR count). The summed E-state index contributed by atoms with van der Waals surface area (Å²) in [5.74, 6) is -0.220. The van der Waals surface area contributed by atoms with E-state index < -0.39 is 26.6 Å². The Balaban J connectivity index is 4.44. The van der Waals surface area contributed by atoms with Crippen molar-refractivity contribution in [3.05, 3.63) is 72.9 Å². The number of aliphatic hydroxyl groups excluding tert-OH is 1. The van der Waals surface area contributed by atoms with Crippen LogP contribution in [0.4, 0.5) is 0 Å². The second-order valence-corrected chi connectivity index (χ2v) is 17.8. The molecule has 9 heteroatoms. The molecule has 0 saturated carbocycles. The number of quaternary nitrogens is 1. The number of unbranched alkanes of at least 4 members (excludes halogenated alkanes) is 17. The van der Waals surface area contributed by atoms with Crippen molar-refractivity contribution < 1.29 is 32.9 Å². The summed E-state index contributed by atoms with van der Waals surface area (Å²) in [6.45, 7) is 4.48. The number of hydrogen-bond acceptors (Lipinski definition) is 6. The zero-order valence-electron chi connectivity index (χ0n) is 37.3. The number of nitrogens with one attached hydrogen (secondary N) is 1. The van der Waals surface area contributed by atoms with Crippen molar-refractivity contribution >= 4 is 13.7 Å². The first-order chi connectivity index (χ1) is 27.5. The third-order valence-corrected chi connectivity index (χ3v) is 10.6. The monoisotopic (exact) mass is 819 g/mol. The highest BCUT2D eigenvalue weighted by atomic mass is 31.2. The first-order valence-corrected chi connectivity index (χ1v) is 24.3. The SMILES string of the molecule is CC/C=C\C/C=C\C/C=C\C/C=C\CCCCCCCCCCC(=O)NC(COP(=O)([O-])OCC[N+](C)(C)C)C(O)/C=C/CC/C=C/CCCCCCCCCC. The normalized spacial score (nSPS) is 15.0. The molecule has 8 nitrogen and oxygen atoms in total. The standard InChI is InChI=1S/C48H87N2O6P/c1-6-8-10-12-14-16-18-20-22-23-24-25-26-27-28-30-32-34-36-38-40-42-48(52)49-46(45-56-57(53,54)55-44-43-50(3,4)5)47(51)41-39-37-35-33-31-29-21-19-17-15-13-11-9-7-2/h8,10,14,16,20,22,24-25,31,33,39,41,46-47,51H,6-7,9,11-13,15,17-19,21,23,26-30,32,34-38,40,42-45H2,1-5H3,(H-,49,52,53,54)/b10-8-,16-14-,22-20-,25-24-,33-31+,41-39+. The first kappa shape index (κ1) is 54.9. The van der Waals surface area contributed by atoms with Crippen molar-refractivity contribution in [3.63, 3.8) is 0 Å². The number of aliphatic hydroxyl groups is 1.